The Labute approximate surface area is 117 Å². The van der Waals surface area contributed by atoms with Gasteiger partial charge in [-0.2, -0.15) is 5.26 Å². The average molecular weight is 279 g/mol. The van der Waals surface area contributed by atoms with Crippen molar-refractivity contribution in [1.29, 1.82) is 5.26 Å². The summed E-state index contributed by atoms with van der Waals surface area (Å²) in [5.41, 5.74) is 1.17. The zero-order valence-corrected chi connectivity index (χ0v) is 11.2. The summed E-state index contributed by atoms with van der Waals surface area (Å²) in [7, 11) is 0. The van der Waals surface area contributed by atoms with Crippen LogP contribution in [0.5, 0.6) is 0 Å². The third-order valence-corrected chi connectivity index (χ3v) is 3.32. The Kier molecular flexibility index (Phi) is 4.61. The van der Waals surface area contributed by atoms with E-state index in [2.05, 4.69) is 10.6 Å². The molecule has 1 heterocycles. The molecule has 0 radical (unpaired) electrons. The third kappa shape index (κ3) is 3.60. The highest BCUT2D eigenvalue weighted by Gasteiger charge is 2.15. The molecule has 0 saturated carbocycles. The van der Waals surface area contributed by atoms with Crippen molar-refractivity contribution < 1.29 is 4.79 Å². The molecule has 19 heavy (non-hydrogen) atoms. The highest BCUT2D eigenvalue weighted by atomic mass is 35.5. The van der Waals surface area contributed by atoms with E-state index in [1.54, 1.807) is 18.2 Å². The number of carbonyl (C=O) groups excluding carboxylic acids is 1. The Morgan fingerprint density at radius 3 is 2.84 bits per heavy atom. The van der Waals surface area contributed by atoms with E-state index in [4.69, 9.17) is 16.9 Å². The van der Waals surface area contributed by atoms with Crippen LogP contribution >= 0.6 is 11.6 Å². The molecule has 1 aromatic carbocycles. The van der Waals surface area contributed by atoms with Crippen molar-refractivity contribution in [1.82, 2.24) is 10.2 Å². The third-order valence-electron chi connectivity index (χ3n) is 3.00. The number of nitriles is 1. The number of nitrogens with one attached hydrogen (secondary N) is 2. The number of amides is 1. The van der Waals surface area contributed by atoms with Gasteiger partial charge in [-0.1, -0.05) is 11.6 Å². The van der Waals surface area contributed by atoms with Gasteiger partial charge in [0.1, 0.15) is 6.07 Å². The monoisotopic (exact) mass is 278 g/mol. The molecule has 1 amide bonds. The first-order chi connectivity index (χ1) is 9.20. The second kappa shape index (κ2) is 6.41. The minimum absolute atomic E-state index is 0.0713. The van der Waals surface area contributed by atoms with Crippen LogP contribution in [0, 0.1) is 11.3 Å². The zero-order chi connectivity index (χ0) is 13.7. The maximum atomic E-state index is 11.9. The first kappa shape index (κ1) is 13.7. The first-order valence-corrected chi connectivity index (χ1v) is 6.50. The number of hydrogen-bond acceptors (Lipinski definition) is 4. The molecule has 1 fully saturated rings. The fourth-order valence-corrected chi connectivity index (χ4v) is 2.14. The maximum absolute atomic E-state index is 11.9. The van der Waals surface area contributed by atoms with Crippen LogP contribution in [0.1, 0.15) is 5.56 Å². The van der Waals surface area contributed by atoms with Crippen molar-refractivity contribution in [2.24, 2.45) is 0 Å². The molecule has 1 aliphatic rings. The van der Waals surface area contributed by atoms with Gasteiger partial charge in [0, 0.05) is 31.9 Å². The van der Waals surface area contributed by atoms with Crippen molar-refractivity contribution in [3.05, 3.63) is 28.8 Å². The van der Waals surface area contributed by atoms with Gasteiger partial charge in [0.05, 0.1) is 17.1 Å². The molecule has 100 valence electrons. The lowest BCUT2D eigenvalue weighted by atomic mass is 10.2. The normalized spacial score (nSPS) is 14.8. The highest BCUT2D eigenvalue weighted by molar-refractivity contribution is 6.32. The van der Waals surface area contributed by atoms with E-state index >= 15 is 0 Å². The fraction of sp³-hybridized carbons (Fsp3) is 0.385. The van der Waals surface area contributed by atoms with Gasteiger partial charge in [-0.3, -0.25) is 4.79 Å². The molecular weight excluding hydrogens is 264 g/mol. The Balaban J connectivity index is 1.89. The molecule has 0 bridgehead atoms. The number of halogens is 1. The molecule has 2 rings (SSSR count). The van der Waals surface area contributed by atoms with Crippen LogP contribution < -0.4 is 10.6 Å². The first-order valence-electron chi connectivity index (χ1n) is 6.13. The minimum Gasteiger partial charge on any atom is -0.376 e. The lowest BCUT2D eigenvalue weighted by Gasteiger charge is -2.27. The van der Waals surface area contributed by atoms with Crippen molar-refractivity contribution in [2.45, 2.75) is 0 Å². The quantitative estimate of drug-likeness (QED) is 0.867. The predicted molar refractivity (Wildman–Crippen MR) is 74.1 cm³/mol. The molecule has 6 heteroatoms. The van der Waals surface area contributed by atoms with E-state index < -0.39 is 0 Å². The van der Waals surface area contributed by atoms with E-state index in [0.29, 0.717) is 10.6 Å². The number of carbonyl (C=O) groups is 1. The summed E-state index contributed by atoms with van der Waals surface area (Å²) in [6.45, 7) is 3.41. The van der Waals surface area contributed by atoms with E-state index in [1.165, 1.54) is 0 Å². The van der Waals surface area contributed by atoms with Crippen LogP contribution in [-0.2, 0) is 4.79 Å². The van der Waals surface area contributed by atoms with Crippen molar-refractivity contribution in [3.8, 4) is 6.07 Å². The van der Waals surface area contributed by atoms with E-state index in [9.17, 15) is 4.79 Å². The molecule has 1 aliphatic heterocycles. The standard InChI is InChI=1S/C13H15ClN4O/c14-12-7-11(2-1-10(12)8-15)17-9-13(19)18-5-3-16-4-6-18/h1-2,7,16-17H,3-6,9H2. The molecule has 0 aliphatic carbocycles. The molecule has 1 aromatic rings. The predicted octanol–water partition coefficient (Wildman–Crippen LogP) is 1.06. The van der Waals surface area contributed by atoms with E-state index in [0.717, 1.165) is 31.9 Å². The summed E-state index contributed by atoms with van der Waals surface area (Å²) in [5.74, 6) is 0.0713. The van der Waals surface area contributed by atoms with Crippen LogP contribution in [0.2, 0.25) is 5.02 Å². The molecule has 0 atom stereocenters. The summed E-state index contributed by atoms with van der Waals surface area (Å²) >= 11 is 5.93. The number of nitrogens with zero attached hydrogens (tertiary/aromatic N) is 2. The lowest BCUT2D eigenvalue weighted by molar-refractivity contribution is -0.129. The number of piperazine rings is 1. The van der Waals surface area contributed by atoms with Gasteiger partial charge in [0.25, 0.3) is 0 Å². The number of anilines is 1. The Bertz CT molecular complexity index is 506. The maximum Gasteiger partial charge on any atom is 0.241 e. The van der Waals surface area contributed by atoms with Crippen LogP contribution in [0.15, 0.2) is 18.2 Å². The molecule has 1 saturated heterocycles. The van der Waals surface area contributed by atoms with E-state index in [1.807, 2.05) is 11.0 Å². The Hall–Kier alpha value is -1.77. The average Bonchev–Trinajstić information content (AvgIpc) is 2.46. The number of hydrogen-bond donors (Lipinski definition) is 2. The van der Waals surface area contributed by atoms with Gasteiger partial charge in [-0.05, 0) is 18.2 Å². The van der Waals surface area contributed by atoms with Crippen LogP contribution in [-0.4, -0.2) is 43.5 Å². The summed E-state index contributed by atoms with van der Waals surface area (Å²) in [5, 5.41) is 15.4. The van der Waals surface area contributed by atoms with Gasteiger partial charge in [-0.25, -0.2) is 0 Å². The van der Waals surface area contributed by atoms with Crippen molar-refractivity contribution in [3.63, 3.8) is 0 Å². The fourth-order valence-electron chi connectivity index (χ4n) is 1.92. The van der Waals surface area contributed by atoms with Crippen molar-refractivity contribution in [2.75, 3.05) is 38.0 Å². The van der Waals surface area contributed by atoms with Gasteiger partial charge in [-0.15, -0.1) is 0 Å². The van der Waals surface area contributed by atoms with Gasteiger partial charge < -0.3 is 15.5 Å². The van der Waals surface area contributed by atoms with Crippen LogP contribution in [0.4, 0.5) is 5.69 Å². The van der Waals surface area contributed by atoms with E-state index in [-0.39, 0.29) is 12.5 Å². The smallest absolute Gasteiger partial charge is 0.241 e. The number of rotatable bonds is 3. The minimum atomic E-state index is 0.0713. The summed E-state index contributed by atoms with van der Waals surface area (Å²) < 4.78 is 0. The SMILES string of the molecule is N#Cc1ccc(NCC(=O)N2CCNCC2)cc1Cl. The zero-order valence-electron chi connectivity index (χ0n) is 10.4. The summed E-state index contributed by atoms with van der Waals surface area (Å²) in [6.07, 6.45) is 0. The molecule has 0 unspecified atom stereocenters. The van der Waals surface area contributed by atoms with Gasteiger partial charge in [0.15, 0.2) is 0 Å². The molecular formula is C13H15ClN4O. The molecule has 2 N–H and O–H groups in total. The summed E-state index contributed by atoms with van der Waals surface area (Å²) in [4.78, 5) is 13.8. The Morgan fingerprint density at radius 2 is 2.21 bits per heavy atom. The molecule has 5 nitrogen and oxygen atoms in total. The van der Waals surface area contributed by atoms with Gasteiger partial charge in [0.2, 0.25) is 5.91 Å². The summed E-state index contributed by atoms with van der Waals surface area (Å²) in [6, 6.07) is 7.04. The van der Waals surface area contributed by atoms with Crippen LogP contribution in [0.3, 0.4) is 0 Å². The van der Waals surface area contributed by atoms with Crippen molar-refractivity contribution >= 4 is 23.2 Å². The second-order valence-corrected chi connectivity index (χ2v) is 4.70. The number of benzene rings is 1. The molecule has 0 spiro atoms. The molecule has 0 aromatic heterocycles. The lowest BCUT2D eigenvalue weighted by Crippen LogP contribution is -2.48. The topological polar surface area (TPSA) is 68.2 Å². The highest BCUT2D eigenvalue weighted by Crippen LogP contribution is 2.19. The largest absolute Gasteiger partial charge is 0.376 e. The second-order valence-electron chi connectivity index (χ2n) is 4.29. The Morgan fingerprint density at radius 1 is 1.47 bits per heavy atom. The van der Waals surface area contributed by atoms with Crippen LogP contribution in [0.25, 0.3) is 0 Å². The van der Waals surface area contributed by atoms with Gasteiger partial charge >= 0.3 is 0 Å².